The minimum Gasteiger partial charge on any atom is -0.497 e. The Hall–Kier alpha value is -2.46. The molecule has 0 bridgehead atoms. The predicted molar refractivity (Wildman–Crippen MR) is 88.7 cm³/mol. The first-order valence-corrected chi connectivity index (χ1v) is 7.26. The number of aromatic nitrogens is 1. The molecule has 1 atom stereocenters. The molecule has 1 aromatic heterocycles. The number of nitrogens with one attached hydrogen (secondary N) is 1. The minimum absolute atomic E-state index is 0.0667. The highest BCUT2D eigenvalue weighted by atomic mass is 16.5. The summed E-state index contributed by atoms with van der Waals surface area (Å²) in [4.78, 5) is 3.31. The van der Waals surface area contributed by atoms with Gasteiger partial charge in [0.1, 0.15) is 11.5 Å². The molecule has 3 N–H and O–H groups in total. The third-order valence-corrected chi connectivity index (χ3v) is 4.05. The van der Waals surface area contributed by atoms with Gasteiger partial charge in [-0.2, -0.15) is 0 Å². The van der Waals surface area contributed by atoms with Crippen molar-refractivity contribution in [2.45, 2.75) is 5.92 Å². The summed E-state index contributed by atoms with van der Waals surface area (Å²) in [5, 5.41) is 1.19. The van der Waals surface area contributed by atoms with Crippen molar-refractivity contribution >= 4 is 10.9 Å². The van der Waals surface area contributed by atoms with Crippen molar-refractivity contribution in [2.24, 2.45) is 5.73 Å². The second-order valence-electron chi connectivity index (χ2n) is 5.19. The van der Waals surface area contributed by atoms with Crippen LogP contribution in [0.3, 0.4) is 0 Å². The lowest BCUT2D eigenvalue weighted by Crippen LogP contribution is -2.14. The van der Waals surface area contributed by atoms with E-state index in [2.05, 4.69) is 17.1 Å². The van der Waals surface area contributed by atoms with Crippen molar-refractivity contribution in [3.05, 3.63) is 59.8 Å². The number of aromatic amines is 1. The fourth-order valence-electron chi connectivity index (χ4n) is 2.91. The molecule has 1 unspecified atom stereocenters. The predicted octanol–water partition coefficient (Wildman–Crippen LogP) is 3.28. The van der Waals surface area contributed by atoms with Crippen LogP contribution in [0.5, 0.6) is 11.5 Å². The molecule has 0 fully saturated rings. The van der Waals surface area contributed by atoms with Gasteiger partial charge in [0.25, 0.3) is 0 Å². The molecule has 0 spiro atoms. The second-order valence-corrected chi connectivity index (χ2v) is 5.19. The first kappa shape index (κ1) is 14.5. The normalized spacial score (nSPS) is 12.3. The third-order valence-electron chi connectivity index (χ3n) is 4.05. The minimum atomic E-state index is 0.0667. The number of H-pyrrole nitrogens is 1. The zero-order valence-corrected chi connectivity index (χ0v) is 12.8. The van der Waals surface area contributed by atoms with Gasteiger partial charge >= 0.3 is 0 Å². The summed E-state index contributed by atoms with van der Waals surface area (Å²) in [5.74, 6) is 1.63. The number of nitrogens with two attached hydrogens (primary N) is 1. The van der Waals surface area contributed by atoms with E-state index in [0.29, 0.717) is 6.54 Å². The van der Waals surface area contributed by atoms with Crippen molar-refractivity contribution in [1.82, 2.24) is 4.98 Å². The molecule has 0 amide bonds. The fraction of sp³-hybridized carbons (Fsp3) is 0.222. The molecule has 0 saturated carbocycles. The van der Waals surface area contributed by atoms with E-state index in [0.717, 1.165) is 22.6 Å². The SMILES string of the molecule is COc1ccc(C(CN)c2c[nH]c3ccccc23)c(OC)c1. The molecule has 114 valence electrons. The van der Waals surface area contributed by atoms with E-state index in [1.54, 1.807) is 14.2 Å². The van der Waals surface area contributed by atoms with Gasteiger partial charge in [-0.05, 0) is 17.7 Å². The van der Waals surface area contributed by atoms with Crippen molar-refractivity contribution in [2.75, 3.05) is 20.8 Å². The van der Waals surface area contributed by atoms with Crippen molar-refractivity contribution < 1.29 is 9.47 Å². The van der Waals surface area contributed by atoms with Crippen LogP contribution >= 0.6 is 0 Å². The van der Waals surface area contributed by atoms with Crippen LogP contribution in [0, 0.1) is 0 Å². The summed E-state index contributed by atoms with van der Waals surface area (Å²) < 4.78 is 10.8. The van der Waals surface area contributed by atoms with Crippen LogP contribution in [0.25, 0.3) is 10.9 Å². The monoisotopic (exact) mass is 296 g/mol. The van der Waals surface area contributed by atoms with Crippen LogP contribution in [0.15, 0.2) is 48.7 Å². The van der Waals surface area contributed by atoms with Crippen LogP contribution < -0.4 is 15.2 Å². The molecule has 4 nitrogen and oxygen atoms in total. The number of para-hydroxylation sites is 1. The average molecular weight is 296 g/mol. The highest BCUT2D eigenvalue weighted by Crippen LogP contribution is 2.36. The molecule has 3 aromatic rings. The van der Waals surface area contributed by atoms with Crippen LogP contribution in [-0.2, 0) is 0 Å². The standard InChI is InChI=1S/C18H20N2O2/c1-21-12-7-8-14(18(9-12)22-2)15(10-19)16-11-20-17-6-4-3-5-13(16)17/h3-9,11,15,20H,10,19H2,1-2H3. The summed E-state index contributed by atoms with van der Waals surface area (Å²) in [6, 6.07) is 14.1. The van der Waals surface area contributed by atoms with E-state index in [1.165, 1.54) is 10.9 Å². The van der Waals surface area contributed by atoms with E-state index in [1.807, 2.05) is 36.5 Å². The molecule has 0 aliphatic carbocycles. The lowest BCUT2D eigenvalue weighted by atomic mass is 9.90. The van der Waals surface area contributed by atoms with E-state index in [4.69, 9.17) is 15.2 Å². The molecular formula is C18H20N2O2. The molecule has 3 rings (SSSR count). The Morgan fingerprint density at radius 1 is 1.05 bits per heavy atom. The van der Waals surface area contributed by atoms with Gasteiger partial charge in [0.2, 0.25) is 0 Å². The summed E-state index contributed by atoms with van der Waals surface area (Å²) >= 11 is 0. The smallest absolute Gasteiger partial charge is 0.126 e. The largest absolute Gasteiger partial charge is 0.497 e. The topological polar surface area (TPSA) is 60.3 Å². The van der Waals surface area contributed by atoms with Crippen molar-refractivity contribution in [3.8, 4) is 11.5 Å². The molecule has 0 saturated heterocycles. The Morgan fingerprint density at radius 3 is 2.59 bits per heavy atom. The molecular weight excluding hydrogens is 276 g/mol. The number of ether oxygens (including phenoxy) is 2. The van der Waals surface area contributed by atoms with E-state index >= 15 is 0 Å². The molecule has 4 heteroatoms. The Labute approximate surface area is 129 Å². The Bertz CT molecular complexity index is 780. The van der Waals surface area contributed by atoms with Gasteiger partial charge < -0.3 is 20.2 Å². The lowest BCUT2D eigenvalue weighted by molar-refractivity contribution is 0.390. The maximum Gasteiger partial charge on any atom is 0.126 e. The van der Waals surface area contributed by atoms with Gasteiger partial charge in [-0.1, -0.05) is 24.3 Å². The van der Waals surface area contributed by atoms with Gasteiger partial charge in [0.15, 0.2) is 0 Å². The van der Waals surface area contributed by atoms with Crippen LogP contribution in [0.4, 0.5) is 0 Å². The third kappa shape index (κ3) is 2.42. The number of methoxy groups -OCH3 is 2. The molecule has 1 heterocycles. The summed E-state index contributed by atoms with van der Waals surface area (Å²) in [6.45, 7) is 0.505. The van der Waals surface area contributed by atoms with Crippen LogP contribution in [-0.4, -0.2) is 25.7 Å². The van der Waals surface area contributed by atoms with Crippen LogP contribution in [0.1, 0.15) is 17.0 Å². The van der Waals surface area contributed by atoms with Gasteiger partial charge in [-0.25, -0.2) is 0 Å². The zero-order chi connectivity index (χ0) is 15.5. The number of rotatable bonds is 5. The fourth-order valence-corrected chi connectivity index (χ4v) is 2.91. The van der Waals surface area contributed by atoms with Crippen LogP contribution in [0.2, 0.25) is 0 Å². The van der Waals surface area contributed by atoms with E-state index in [-0.39, 0.29) is 5.92 Å². The number of hydrogen-bond donors (Lipinski definition) is 2. The molecule has 2 aromatic carbocycles. The number of hydrogen-bond acceptors (Lipinski definition) is 3. The van der Waals surface area contributed by atoms with Gasteiger partial charge in [0.05, 0.1) is 14.2 Å². The zero-order valence-electron chi connectivity index (χ0n) is 12.8. The molecule has 0 radical (unpaired) electrons. The van der Waals surface area contributed by atoms with Gasteiger partial charge in [-0.15, -0.1) is 0 Å². The first-order chi connectivity index (χ1) is 10.8. The quantitative estimate of drug-likeness (QED) is 0.759. The second kappa shape index (κ2) is 6.12. The number of benzene rings is 2. The summed E-state index contributed by atoms with van der Waals surface area (Å²) in [5.41, 5.74) is 9.44. The first-order valence-electron chi connectivity index (χ1n) is 7.26. The Morgan fingerprint density at radius 2 is 1.86 bits per heavy atom. The maximum atomic E-state index is 6.08. The molecule has 0 aliphatic heterocycles. The Balaban J connectivity index is 2.12. The van der Waals surface area contributed by atoms with Gasteiger partial charge in [0, 0.05) is 41.2 Å². The average Bonchev–Trinajstić information content (AvgIpc) is 3.00. The maximum absolute atomic E-state index is 6.08. The molecule has 22 heavy (non-hydrogen) atoms. The van der Waals surface area contributed by atoms with Crippen molar-refractivity contribution in [3.63, 3.8) is 0 Å². The lowest BCUT2D eigenvalue weighted by Gasteiger charge is -2.19. The van der Waals surface area contributed by atoms with Crippen molar-refractivity contribution in [1.29, 1.82) is 0 Å². The highest BCUT2D eigenvalue weighted by Gasteiger charge is 2.20. The summed E-state index contributed by atoms with van der Waals surface area (Å²) in [7, 11) is 3.32. The van der Waals surface area contributed by atoms with E-state index < -0.39 is 0 Å². The highest BCUT2D eigenvalue weighted by molar-refractivity contribution is 5.84. The van der Waals surface area contributed by atoms with E-state index in [9.17, 15) is 0 Å². The molecule has 0 aliphatic rings. The number of fused-ring (bicyclic) bond motifs is 1. The Kier molecular flexibility index (Phi) is 4.02. The summed E-state index contributed by atoms with van der Waals surface area (Å²) in [6.07, 6.45) is 2.03. The van der Waals surface area contributed by atoms with Gasteiger partial charge in [-0.3, -0.25) is 0 Å².